The van der Waals surface area contributed by atoms with Crippen LogP contribution in [0.4, 0.5) is 0 Å². The van der Waals surface area contributed by atoms with E-state index < -0.39 is 0 Å². The summed E-state index contributed by atoms with van der Waals surface area (Å²) in [5, 5.41) is 0. The molecule has 0 N–H and O–H groups in total. The first kappa shape index (κ1) is 16.0. The SMILES string of the molecule is Cc1ccc(CN2CCN(C(=O)C(C)(C)C)CC2)cc1C. The molecule has 1 aliphatic rings. The second kappa shape index (κ2) is 6.18. The van der Waals surface area contributed by atoms with Gasteiger partial charge in [-0.05, 0) is 30.5 Å². The molecule has 0 atom stereocenters. The van der Waals surface area contributed by atoms with Crippen molar-refractivity contribution in [2.75, 3.05) is 26.2 Å². The first-order chi connectivity index (χ1) is 9.77. The summed E-state index contributed by atoms with van der Waals surface area (Å²) in [7, 11) is 0. The van der Waals surface area contributed by atoms with E-state index in [0.29, 0.717) is 0 Å². The third-order valence-electron chi connectivity index (χ3n) is 4.28. The second-order valence-corrected chi connectivity index (χ2v) is 7.24. The van der Waals surface area contributed by atoms with E-state index in [0.717, 1.165) is 32.7 Å². The Balaban J connectivity index is 1.89. The van der Waals surface area contributed by atoms with Gasteiger partial charge >= 0.3 is 0 Å². The molecule has 116 valence electrons. The van der Waals surface area contributed by atoms with Crippen LogP contribution < -0.4 is 0 Å². The van der Waals surface area contributed by atoms with Crippen molar-refractivity contribution >= 4 is 5.91 Å². The van der Waals surface area contributed by atoms with Crippen LogP contribution in [-0.2, 0) is 11.3 Å². The molecule has 0 saturated carbocycles. The van der Waals surface area contributed by atoms with Gasteiger partial charge in [0.1, 0.15) is 0 Å². The molecular formula is C18H28N2O. The van der Waals surface area contributed by atoms with Crippen LogP contribution in [0.25, 0.3) is 0 Å². The minimum Gasteiger partial charge on any atom is -0.340 e. The Bertz CT molecular complexity index is 508. The predicted molar refractivity (Wildman–Crippen MR) is 87.2 cm³/mol. The number of carbonyl (C=O) groups excluding carboxylic acids is 1. The van der Waals surface area contributed by atoms with Crippen molar-refractivity contribution in [1.82, 2.24) is 9.80 Å². The molecule has 3 nitrogen and oxygen atoms in total. The molecule has 1 amide bonds. The summed E-state index contributed by atoms with van der Waals surface area (Å²) in [6.45, 7) is 14.9. The maximum Gasteiger partial charge on any atom is 0.228 e. The lowest BCUT2D eigenvalue weighted by atomic mass is 9.94. The topological polar surface area (TPSA) is 23.6 Å². The van der Waals surface area contributed by atoms with Crippen molar-refractivity contribution in [2.45, 2.75) is 41.2 Å². The lowest BCUT2D eigenvalue weighted by Gasteiger charge is -2.37. The Labute approximate surface area is 128 Å². The number of hydrogen-bond acceptors (Lipinski definition) is 2. The Hall–Kier alpha value is -1.35. The van der Waals surface area contributed by atoms with Gasteiger partial charge in [-0.25, -0.2) is 0 Å². The average Bonchev–Trinajstić information content (AvgIpc) is 2.42. The van der Waals surface area contributed by atoms with Crippen molar-refractivity contribution in [2.24, 2.45) is 5.41 Å². The molecule has 0 aromatic heterocycles. The number of rotatable bonds is 2. The Kier molecular flexibility index (Phi) is 4.72. The third-order valence-corrected chi connectivity index (χ3v) is 4.28. The van der Waals surface area contributed by atoms with Gasteiger partial charge in [-0.15, -0.1) is 0 Å². The number of benzene rings is 1. The number of piperazine rings is 1. The normalized spacial score (nSPS) is 17.1. The molecule has 1 saturated heterocycles. The fourth-order valence-electron chi connectivity index (χ4n) is 2.74. The van der Waals surface area contributed by atoms with Crippen molar-refractivity contribution in [3.05, 3.63) is 34.9 Å². The number of amides is 1. The van der Waals surface area contributed by atoms with E-state index in [9.17, 15) is 4.79 Å². The van der Waals surface area contributed by atoms with Gasteiger partial charge in [0.15, 0.2) is 0 Å². The molecule has 21 heavy (non-hydrogen) atoms. The van der Waals surface area contributed by atoms with Gasteiger partial charge in [0.05, 0.1) is 0 Å². The molecule has 3 heteroatoms. The van der Waals surface area contributed by atoms with E-state index in [1.165, 1.54) is 16.7 Å². The van der Waals surface area contributed by atoms with Gasteiger partial charge in [0.2, 0.25) is 5.91 Å². The summed E-state index contributed by atoms with van der Waals surface area (Å²) in [5.41, 5.74) is 3.80. The average molecular weight is 288 g/mol. The zero-order valence-corrected chi connectivity index (χ0v) is 14.1. The van der Waals surface area contributed by atoms with Gasteiger partial charge in [-0.1, -0.05) is 39.0 Å². The fourth-order valence-corrected chi connectivity index (χ4v) is 2.74. The minimum absolute atomic E-state index is 0.268. The van der Waals surface area contributed by atoms with Crippen LogP contribution in [-0.4, -0.2) is 41.9 Å². The van der Waals surface area contributed by atoms with Crippen LogP contribution in [0.5, 0.6) is 0 Å². The molecule has 1 fully saturated rings. The van der Waals surface area contributed by atoms with Crippen molar-refractivity contribution in [3.63, 3.8) is 0 Å². The Morgan fingerprint density at radius 1 is 1.05 bits per heavy atom. The van der Waals surface area contributed by atoms with Crippen molar-refractivity contribution in [3.8, 4) is 0 Å². The standard InChI is InChI=1S/C18H28N2O/c1-14-6-7-16(12-15(14)2)13-19-8-10-20(11-9-19)17(21)18(3,4)5/h6-7,12H,8-11,13H2,1-5H3. The van der Waals surface area contributed by atoms with E-state index in [1.807, 2.05) is 25.7 Å². The largest absolute Gasteiger partial charge is 0.340 e. The van der Waals surface area contributed by atoms with Gasteiger partial charge in [-0.2, -0.15) is 0 Å². The fraction of sp³-hybridized carbons (Fsp3) is 0.611. The van der Waals surface area contributed by atoms with Crippen LogP contribution in [0.3, 0.4) is 0 Å². The smallest absolute Gasteiger partial charge is 0.228 e. The summed E-state index contributed by atoms with van der Waals surface area (Å²) in [6.07, 6.45) is 0. The molecule has 1 aromatic rings. The van der Waals surface area contributed by atoms with Crippen LogP contribution in [0.2, 0.25) is 0 Å². The lowest BCUT2D eigenvalue weighted by Crippen LogP contribution is -2.51. The van der Waals surface area contributed by atoms with E-state index in [4.69, 9.17) is 0 Å². The van der Waals surface area contributed by atoms with E-state index in [1.54, 1.807) is 0 Å². The highest BCUT2D eigenvalue weighted by molar-refractivity contribution is 5.81. The zero-order chi connectivity index (χ0) is 15.6. The molecule has 0 unspecified atom stereocenters. The number of carbonyl (C=O) groups is 1. The van der Waals surface area contributed by atoms with Gasteiger partial charge < -0.3 is 4.90 Å². The minimum atomic E-state index is -0.268. The quantitative estimate of drug-likeness (QED) is 0.835. The van der Waals surface area contributed by atoms with Crippen molar-refractivity contribution < 1.29 is 4.79 Å². The highest BCUT2D eigenvalue weighted by Gasteiger charge is 2.29. The summed E-state index contributed by atoms with van der Waals surface area (Å²) in [5.74, 6) is 0.272. The van der Waals surface area contributed by atoms with Crippen LogP contribution in [0, 0.1) is 19.3 Å². The highest BCUT2D eigenvalue weighted by atomic mass is 16.2. The van der Waals surface area contributed by atoms with E-state index in [-0.39, 0.29) is 11.3 Å². The molecule has 0 radical (unpaired) electrons. The summed E-state index contributed by atoms with van der Waals surface area (Å²) >= 11 is 0. The van der Waals surface area contributed by atoms with Gasteiger partial charge in [0, 0.05) is 38.1 Å². The zero-order valence-electron chi connectivity index (χ0n) is 14.1. The molecule has 1 aromatic carbocycles. The molecule has 0 aliphatic carbocycles. The number of nitrogens with zero attached hydrogens (tertiary/aromatic N) is 2. The van der Waals surface area contributed by atoms with Crippen molar-refractivity contribution in [1.29, 1.82) is 0 Å². The summed E-state index contributed by atoms with van der Waals surface area (Å²) in [6, 6.07) is 6.70. The first-order valence-electron chi connectivity index (χ1n) is 7.85. The highest BCUT2D eigenvalue weighted by Crippen LogP contribution is 2.19. The molecule has 2 rings (SSSR count). The second-order valence-electron chi connectivity index (χ2n) is 7.24. The van der Waals surface area contributed by atoms with E-state index in [2.05, 4.69) is 36.9 Å². The summed E-state index contributed by atoms with van der Waals surface area (Å²) < 4.78 is 0. The maximum atomic E-state index is 12.3. The molecule has 0 bridgehead atoms. The van der Waals surface area contributed by atoms with Gasteiger partial charge in [0.25, 0.3) is 0 Å². The third kappa shape index (κ3) is 4.07. The molecular weight excluding hydrogens is 260 g/mol. The van der Waals surface area contributed by atoms with E-state index >= 15 is 0 Å². The monoisotopic (exact) mass is 288 g/mol. The molecule has 1 heterocycles. The molecule has 1 aliphatic heterocycles. The summed E-state index contributed by atoms with van der Waals surface area (Å²) in [4.78, 5) is 16.7. The van der Waals surface area contributed by atoms with Crippen LogP contribution in [0.1, 0.15) is 37.5 Å². The lowest BCUT2D eigenvalue weighted by molar-refractivity contribution is -0.141. The molecule has 0 spiro atoms. The maximum absolute atomic E-state index is 12.3. The Morgan fingerprint density at radius 3 is 2.19 bits per heavy atom. The number of aryl methyl sites for hydroxylation is 2. The first-order valence-corrected chi connectivity index (χ1v) is 7.85. The van der Waals surface area contributed by atoms with Crippen LogP contribution >= 0.6 is 0 Å². The Morgan fingerprint density at radius 2 is 1.67 bits per heavy atom. The van der Waals surface area contributed by atoms with Crippen LogP contribution in [0.15, 0.2) is 18.2 Å². The number of hydrogen-bond donors (Lipinski definition) is 0. The van der Waals surface area contributed by atoms with Gasteiger partial charge in [-0.3, -0.25) is 9.69 Å². The predicted octanol–water partition coefficient (Wildman–Crippen LogP) is 2.99.